The van der Waals surface area contributed by atoms with E-state index in [-0.39, 0.29) is 17.4 Å². The van der Waals surface area contributed by atoms with Crippen LogP contribution in [0.1, 0.15) is 32.4 Å². The average Bonchev–Trinajstić information content (AvgIpc) is 3.01. The van der Waals surface area contributed by atoms with E-state index in [2.05, 4.69) is 17.2 Å². The van der Waals surface area contributed by atoms with Crippen molar-refractivity contribution in [2.75, 3.05) is 24.6 Å². The zero-order chi connectivity index (χ0) is 18.7. The van der Waals surface area contributed by atoms with E-state index in [1.165, 1.54) is 0 Å². The maximum Gasteiger partial charge on any atom is 0.410 e. The minimum absolute atomic E-state index is 0.00346. The summed E-state index contributed by atoms with van der Waals surface area (Å²) >= 11 is 1.86. The highest BCUT2D eigenvalue weighted by atomic mass is 32.2. The molecule has 1 amide bonds. The lowest BCUT2D eigenvalue weighted by Crippen LogP contribution is -2.46. The Balaban J connectivity index is 1.84. The van der Waals surface area contributed by atoms with Gasteiger partial charge in [0.2, 0.25) is 0 Å². The minimum Gasteiger partial charge on any atom is -0.444 e. The number of rotatable bonds is 3. The maximum atomic E-state index is 12.5. The Morgan fingerprint density at radius 2 is 2.08 bits per heavy atom. The molecule has 0 saturated carbocycles. The summed E-state index contributed by atoms with van der Waals surface area (Å²) in [7, 11) is 0. The van der Waals surface area contributed by atoms with Crippen LogP contribution >= 0.6 is 11.8 Å². The standard InChI is InChI=1S/C19H26N4O2S/c1-19(2,3)25-18(24)22-9-10-26-16(13-22)17(14-7-5-4-6-8-14)23-12-15(20)11-21-23/h4-8,11-12,16-17H,9-10,13,20H2,1-3H3. The van der Waals surface area contributed by atoms with E-state index in [1.54, 1.807) is 11.1 Å². The predicted octanol–water partition coefficient (Wildman–Crippen LogP) is 3.41. The summed E-state index contributed by atoms with van der Waals surface area (Å²) in [5.41, 5.74) is 7.19. The SMILES string of the molecule is CC(C)(C)OC(=O)N1CCSC(C(c2ccccc2)n2cc(N)cn2)C1. The van der Waals surface area contributed by atoms with Gasteiger partial charge in [-0.2, -0.15) is 16.9 Å². The first-order valence-electron chi connectivity index (χ1n) is 8.77. The lowest BCUT2D eigenvalue weighted by Gasteiger charge is -2.37. The van der Waals surface area contributed by atoms with Crippen LogP contribution in [-0.2, 0) is 4.74 Å². The third-order valence-corrected chi connectivity index (χ3v) is 5.40. The highest BCUT2D eigenvalue weighted by molar-refractivity contribution is 8.00. The van der Waals surface area contributed by atoms with E-state index in [1.807, 2.05) is 61.6 Å². The van der Waals surface area contributed by atoms with Crippen LogP contribution in [0.3, 0.4) is 0 Å². The fourth-order valence-corrected chi connectivity index (χ4v) is 4.43. The fraction of sp³-hybridized carbons (Fsp3) is 0.474. The number of thioether (sulfide) groups is 1. The summed E-state index contributed by atoms with van der Waals surface area (Å²) in [5.74, 6) is 0.865. The number of carbonyl (C=O) groups excluding carboxylic acids is 1. The third-order valence-electron chi connectivity index (χ3n) is 4.14. The van der Waals surface area contributed by atoms with Gasteiger partial charge < -0.3 is 15.4 Å². The number of hydrogen-bond donors (Lipinski definition) is 1. The molecule has 140 valence electrons. The number of hydrogen-bond acceptors (Lipinski definition) is 5. The van der Waals surface area contributed by atoms with Crippen molar-refractivity contribution < 1.29 is 9.53 Å². The van der Waals surface area contributed by atoms with Gasteiger partial charge >= 0.3 is 6.09 Å². The van der Waals surface area contributed by atoms with Crippen LogP contribution in [0.25, 0.3) is 0 Å². The smallest absolute Gasteiger partial charge is 0.410 e. The van der Waals surface area contributed by atoms with Crippen molar-refractivity contribution in [2.45, 2.75) is 37.7 Å². The van der Waals surface area contributed by atoms with E-state index in [4.69, 9.17) is 10.5 Å². The second-order valence-electron chi connectivity index (χ2n) is 7.44. The molecule has 1 fully saturated rings. The molecule has 0 spiro atoms. The van der Waals surface area contributed by atoms with E-state index in [0.29, 0.717) is 18.8 Å². The van der Waals surface area contributed by atoms with Gasteiger partial charge in [0, 0.05) is 30.3 Å². The molecule has 1 saturated heterocycles. The molecule has 0 radical (unpaired) electrons. The molecule has 6 nitrogen and oxygen atoms in total. The summed E-state index contributed by atoms with van der Waals surface area (Å²) in [4.78, 5) is 14.3. The van der Waals surface area contributed by atoms with Gasteiger partial charge in [-0.1, -0.05) is 30.3 Å². The Hall–Kier alpha value is -2.15. The molecule has 2 atom stereocenters. The zero-order valence-corrected chi connectivity index (χ0v) is 16.3. The molecule has 1 aromatic carbocycles. The first-order chi connectivity index (χ1) is 12.3. The topological polar surface area (TPSA) is 73.4 Å². The first-order valence-corrected chi connectivity index (χ1v) is 9.82. The molecular formula is C19H26N4O2S. The zero-order valence-electron chi connectivity index (χ0n) is 15.5. The van der Waals surface area contributed by atoms with Crippen LogP contribution in [-0.4, -0.2) is 50.5 Å². The average molecular weight is 375 g/mol. The Morgan fingerprint density at radius 3 is 2.69 bits per heavy atom. The van der Waals surface area contributed by atoms with E-state index in [0.717, 1.165) is 11.3 Å². The molecule has 1 aromatic heterocycles. The molecule has 2 unspecified atom stereocenters. The lowest BCUT2D eigenvalue weighted by molar-refractivity contribution is 0.0251. The van der Waals surface area contributed by atoms with Crippen molar-refractivity contribution in [3.63, 3.8) is 0 Å². The second kappa shape index (κ2) is 7.61. The van der Waals surface area contributed by atoms with Crippen LogP contribution < -0.4 is 5.73 Å². The van der Waals surface area contributed by atoms with E-state index >= 15 is 0 Å². The first kappa shape index (κ1) is 18.6. The summed E-state index contributed by atoms with van der Waals surface area (Å²) in [6, 6.07) is 10.2. The normalized spacial score (nSPS) is 19.2. The number of nitrogen functional groups attached to an aromatic ring is 1. The van der Waals surface area contributed by atoms with Gasteiger partial charge in [0.15, 0.2) is 0 Å². The number of nitrogens with zero attached hydrogens (tertiary/aromatic N) is 3. The number of ether oxygens (including phenoxy) is 1. The van der Waals surface area contributed by atoms with Crippen LogP contribution in [0.15, 0.2) is 42.7 Å². The largest absolute Gasteiger partial charge is 0.444 e. The third kappa shape index (κ3) is 4.52. The molecule has 1 aliphatic heterocycles. The van der Waals surface area contributed by atoms with Gasteiger partial charge in [-0.3, -0.25) is 4.68 Å². The number of benzene rings is 1. The van der Waals surface area contributed by atoms with Crippen molar-refractivity contribution in [2.24, 2.45) is 0 Å². The van der Waals surface area contributed by atoms with Gasteiger partial charge in [-0.25, -0.2) is 4.79 Å². The molecule has 2 N–H and O–H groups in total. The van der Waals surface area contributed by atoms with Crippen molar-refractivity contribution in [1.82, 2.24) is 14.7 Å². The van der Waals surface area contributed by atoms with Crippen molar-refractivity contribution in [3.8, 4) is 0 Å². The highest BCUT2D eigenvalue weighted by Gasteiger charge is 2.34. The van der Waals surface area contributed by atoms with E-state index in [9.17, 15) is 4.79 Å². The number of amides is 1. The molecule has 26 heavy (non-hydrogen) atoms. The Bertz CT molecular complexity index is 741. The van der Waals surface area contributed by atoms with Crippen molar-refractivity contribution in [3.05, 3.63) is 48.3 Å². The monoisotopic (exact) mass is 374 g/mol. The summed E-state index contributed by atoms with van der Waals surface area (Å²) in [6.07, 6.45) is 3.26. The highest BCUT2D eigenvalue weighted by Crippen LogP contribution is 2.34. The Labute approximate surface area is 158 Å². The number of aromatic nitrogens is 2. The van der Waals surface area contributed by atoms with Crippen molar-refractivity contribution >= 4 is 23.5 Å². The maximum absolute atomic E-state index is 12.5. The number of anilines is 1. The second-order valence-corrected chi connectivity index (χ2v) is 8.79. The minimum atomic E-state index is -0.494. The predicted molar refractivity (Wildman–Crippen MR) is 105 cm³/mol. The Morgan fingerprint density at radius 1 is 1.35 bits per heavy atom. The summed E-state index contributed by atoms with van der Waals surface area (Å²) in [6.45, 7) is 6.97. The molecule has 2 aromatic rings. The Kier molecular flexibility index (Phi) is 5.46. The van der Waals surface area contributed by atoms with Gasteiger partial charge in [-0.15, -0.1) is 0 Å². The van der Waals surface area contributed by atoms with Gasteiger partial charge in [0.1, 0.15) is 5.60 Å². The molecular weight excluding hydrogens is 348 g/mol. The summed E-state index contributed by atoms with van der Waals surface area (Å²) in [5, 5.41) is 4.61. The van der Waals surface area contributed by atoms with Crippen LogP contribution in [0.5, 0.6) is 0 Å². The molecule has 2 heterocycles. The van der Waals surface area contributed by atoms with Gasteiger partial charge in [0.25, 0.3) is 0 Å². The molecule has 0 bridgehead atoms. The van der Waals surface area contributed by atoms with Gasteiger partial charge in [0.05, 0.1) is 17.9 Å². The van der Waals surface area contributed by atoms with Crippen LogP contribution in [0.2, 0.25) is 0 Å². The lowest BCUT2D eigenvalue weighted by atomic mass is 10.0. The molecule has 7 heteroatoms. The van der Waals surface area contributed by atoms with Crippen molar-refractivity contribution in [1.29, 1.82) is 0 Å². The molecule has 1 aliphatic rings. The molecule has 0 aliphatic carbocycles. The fourth-order valence-electron chi connectivity index (χ4n) is 3.05. The number of carbonyl (C=O) groups is 1. The molecule has 3 rings (SSSR count). The quantitative estimate of drug-likeness (QED) is 0.891. The summed E-state index contributed by atoms with van der Waals surface area (Å²) < 4.78 is 7.46. The van der Waals surface area contributed by atoms with Crippen LogP contribution in [0.4, 0.5) is 10.5 Å². The number of nitrogens with two attached hydrogens (primary N) is 1. The van der Waals surface area contributed by atoms with Gasteiger partial charge in [-0.05, 0) is 26.3 Å². The van der Waals surface area contributed by atoms with Crippen LogP contribution in [0, 0.1) is 0 Å². The van der Waals surface area contributed by atoms with E-state index < -0.39 is 5.60 Å².